The van der Waals surface area contributed by atoms with Crippen molar-refractivity contribution in [3.8, 4) is 0 Å². The molecule has 1 aromatic heterocycles. The maximum absolute atomic E-state index is 10.9. The summed E-state index contributed by atoms with van der Waals surface area (Å²) in [4.78, 5) is 18.5. The summed E-state index contributed by atoms with van der Waals surface area (Å²) in [6.07, 6.45) is 1.89. The summed E-state index contributed by atoms with van der Waals surface area (Å²) < 4.78 is 0. The van der Waals surface area contributed by atoms with Gasteiger partial charge in [0.25, 0.3) is 0 Å². The predicted octanol–water partition coefficient (Wildman–Crippen LogP) is 3.48. The number of carboxylic acid groups (broad SMARTS) is 1. The molecule has 1 heterocycles. The number of hydrogen-bond acceptors (Lipinski definition) is 3. The lowest BCUT2D eigenvalue weighted by atomic mass is 9.96. The highest BCUT2D eigenvalue weighted by Crippen LogP contribution is 2.25. The number of carbonyl (C=O) groups is 1. The predicted molar refractivity (Wildman–Crippen MR) is 81.7 cm³/mol. The van der Waals surface area contributed by atoms with Gasteiger partial charge in [0.1, 0.15) is 11.5 Å². The third-order valence-corrected chi connectivity index (χ3v) is 3.68. The highest BCUT2D eigenvalue weighted by atomic mass is 35.5. The van der Waals surface area contributed by atoms with Gasteiger partial charge < -0.3 is 10.1 Å². The van der Waals surface area contributed by atoms with Crippen LogP contribution >= 0.6 is 23.8 Å². The van der Waals surface area contributed by atoms with Crippen molar-refractivity contribution in [2.45, 2.75) is 19.3 Å². The number of nitrogens with one attached hydrogen (secondary N) is 1. The first-order valence-electron chi connectivity index (χ1n) is 6.01. The van der Waals surface area contributed by atoms with Crippen molar-refractivity contribution in [1.29, 1.82) is 0 Å². The number of aromatic nitrogens is 2. The number of carboxylic acids is 1. The second kappa shape index (κ2) is 6.15. The van der Waals surface area contributed by atoms with E-state index in [-0.39, 0.29) is 11.6 Å². The molecular formula is C14H13ClN2O2S. The molecule has 0 aliphatic rings. The van der Waals surface area contributed by atoms with Crippen LogP contribution in [-0.4, -0.2) is 25.9 Å². The lowest BCUT2D eigenvalue weighted by Gasteiger charge is -2.14. The molecule has 2 aromatic rings. The summed E-state index contributed by atoms with van der Waals surface area (Å²) in [6, 6.07) is 7.51. The van der Waals surface area contributed by atoms with Gasteiger partial charge in [0.05, 0.1) is 12.1 Å². The normalized spacial score (nSPS) is 12.1. The van der Waals surface area contributed by atoms with E-state index in [4.69, 9.17) is 28.9 Å². The Balaban J connectivity index is 2.30. The Hall–Kier alpha value is -1.72. The molecule has 2 N–H and O–H groups in total. The first kappa shape index (κ1) is 14.7. The monoisotopic (exact) mass is 308 g/mol. The Kier molecular flexibility index (Phi) is 4.52. The topological polar surface area (TPSA) is 66.0 Å². The van der Waals surface area contributed by atoms with Gasteiger partial charge in [0, 0.05) is 9.89 Å². The second-order valence-electron chi connectivity index (χ2n) is 4.45. The molecule has 1 unspecified atom stereocenters. The number of benzene rings is 1. The summed E-state index contributed by atoms with van der Waals surface area (Å²) in [6.45, 7) is 1.82. The number of rotatable bonds is 5. The van der Waals surface area contributed by atoms with E-state index in [1.807, 2.05) is 31.2 Å². The molecule has 0 bridgehead atoms. The van der Waals surface area contributed by atoms with E-state index in [0.29, 0.717) is 17.3 Å². The van der Waals surface area contributed by atoms with Crippen LogP contribution in [0, 0.1) is 0 Å². The van der Waals surface area contributed by atoms with Gasteiger partial charge in [0.15, 0.2) is 0 Å². The number of H-pyrrole nitrogens is 1. The zero-order valence-corrected chi connectivity index (χ0v) is 12.3. The van der Waals surface area contributed by atoms with Gasteiger partial charge >= 0.3 is 5.97 Å². The van der Waals surface area contributed by atoms with Crippen LogP contribution in [-0.2, 0) is 6.42 Å². The number of hydrogen-bond donors (Lipinski definition) is 2. The Bertz CT molecular complexity index is 654. The Morgan fingerprint density at radius 3 is 2.75 bits per heavy atom. The molecule has 0 saturated heterocycles. The van der Waals surface area contributed by atoms with E-state index in [2.05, 4.69) is 9.97 Å². The molecular weight excluding hydrogens is 296 g/mol. The Morgan fingerprint density at radius 2 is 2.20 bits per heavy atom. The van der Waals surface area contributed by atoms with Gasteiger partial charge in [-0.1, -0.05) is 42.0 Å². The third kappa shape index (κ3) is 3.23. The highest BCUT2D eigenvalue weighted by Gasteiger charge is 2.20. The Morgan fingerprint density at radius 1 is 1.50 bits per heavy atom. The van der Waals surface area contributed by atoms with Crippen molar-refractivity contribution in [2.75, 3.05) is 0 Å². The minimum absolute atomic E-state index is 0.0559. The number of aromatic amines is 1. The van der Waals surface area contributed by atoms with E-state index < -0.39 is 5.97 Å². The molecule has 0 fully saturated rings. The number of nitrogens with zero attached hydrogens (tertiary/aromatic N) is 1. The lowest BCUT2D eigenvalue weighted by molar-refractivity contribution is 0.0691. The van der Waals surface area contributed by atoms with Crippen LogP contribution in [0.15, 0.2) is 30.5 Å². The maximum Gasteiger partial charge on any atom is 0.353 e. The largest absolute Gasteiger partial charge is 0.477 e. The van der Waals surface area contributed by atoms with Crippen molar-refractivity contribution < 1.29 is 9.90 Å². The second-order valence-corrected chi connectivity index (χ2v) is 5.50. The molecule has 20 heavy (non-hydrogen) atoms. The summed E-state index contributed by atoms with van der Waals surface area (Å²) in [7, 11) is 0. The standard InChI is InChI=1S/C14H13ClN2O2S/c1-8(20)10(6-9-4-2-3-5-11(9)15)13-16-7-12(17-13)14(18)19/h2-5,7,10H,6H2,1H3,(H,16,17)(H,18,19). The number of aromatic carboxylic acids is 1. The highest BCUT2D eigenvalue weighted by molar-refractivity contribution is 7.80. The van der Waals surface area contributed by atoms with Crippen molar-refractivity contribution in [3.05, 3.63) is 52.6 Å². The average Bonchev–Trinajstić information content (AvgIpc) is 2.87. The van der Waals surface area contributed by atoms with Crippen LogP contribution in [0.5, 0.6) is 0 Å². The van der Waals surface area contributed by atoms with Gasteiger partial charge in [-0.25, -0.2) is 9.78 Å². The van der Waals surface area contributed by atoms with Crippen LogP contribution in [0.2, 0.25) is 5.02 Å². The zero-order chi connectivity index (χ0) is 14.7. The van der Waals surface area contributed by atoms with E-state index in [9.17, 15) is 4.79 Å². The van der Waals surface area contributed by atoms with Crippen LogP contribution in [0.4, 0.5) is 0 Å². The van der Waals surface area contributed by atoms with E-state index in [1.165, 1.54) is 6.20 Å². The summed E-state index contributed by atoms with van der Waals surface area (Å²) in [5, 5.41) is 9.59. The molecule has 104 valence electrons. The van der Waals surface area contributed by atoms with Crippen LogP contribution in [0.1, 0.15) is 34.7 Å². The maximum atomic E-state index is 10.9. The number of halogens is 1. The number of imidazole rings is 1. The Labute approximate surface area is 126 Å². The van der Waals surface area contributed by atoms with Crippen molar-refractivity contribution in [2.24, 2.45) is 0 Å². The summed E-state index contributed by atoms with van der Waals surface area (Å²) in [5.74, 6) is -0.657. The molecule has 0 aliphatic heterocycles. The fraction of sp³-hybridized carbons (Fsp3) is 0.214. The van der Waals surface area contributed by atoms with E-state index in [1.54, 1.807) is 0 Å². The molecule has 0 amide bonds. The zero-order valence-electron chi connectivity index (χ0n) is 10.8. The van der Waals surface area contributed by atoms with Crippen molar-refractivity contribution >= 4 is 34.7 Å². The van der Waals surface area contributed by atoms with Crippen LogP contribution in [0.25, 0.3) is 0 Å². The van der Waals surface area contributed by atoms with Crippen LogP contribution < -0.4 is 0 Å². The van der Waals surface area contributed by atoms with E-state index in [0.717, 1.165) is 10.4 Å². The van der Waals surface area contributed by atoms with Crippen molar-refractivity contribution in [3.63, 3.8) is 0 Å². The summed E-state index contributed by atoms with van der Waals surface area (Å²) in [5.41, 5.74) is 1.01. The minimum atomic E-state index is -1.04. The smallest absolute Gasteiger partial charge is 0.353 e. The summed E-state index contributed by atoms with van der Waals surface area (Å²) >= 11 is 11.4. The first-order valence-corrected chi connectivity index (χ1v) is 6.79. The first-order chi connectivity index (χ1) is 9.49. The molecule has 0 spiro atoms. The molecule has 1 atom stereocenters. The molecule has 4 nitrogen and oxygen atoms in total. The third-order valence-electron chi connectivity index (χ3n) is 3.03. The fourth-order valence-electron chi connectivity index (χ4n) is 1.94. The molecule has 6 heteroatoms. The van der Waals surface area contributed by atoms with Gasteiger partial charge in [-0.3, -0.25) is 0 Å². The van der Waals surface area contributed by atoms with Gasteiger partial charge in [-0.15, -0.1) is 0 Å². The minimum Gasteiger partial charge on any atom is -0.477 e. The van der Waals surface area contributed by atoms with E-state index >= 15 is 0 Å². The fourth-order valence-corrected chi connectivity index (χ4v) is 2.35. The lowest BCUT2D eigenvalue weighted by Crippen LogP contribution is -2.13. The average molecular weight is 309 g/mol. The SMILES string of the molecule is CC(=S)C(Cc1ccccc1Cl)c1ncc(C(=O)O)[nH]1. The van der Waals surface area contributed by atoms with Gasteiger partial charge in [-0.05, 0) is 25.0 Å². The number of thiocarbonyl (C=S) groups is 1. The molecule has 0 aliphatic carbocycles. The quantitative estimate of drug-likeness (QED) is 0.830. The molecule has 1 aromatic carbocycles. The molecule has 2 rings (SSSR count). The van der Waals surface area contributed by atoms with Gasteiger partial charge in [-0.2, -0.15) is 0 Å². The van der Waals surface area contributed by atoms with Gasteiger partial charge in [0.2, 0.25) is 0 Å². The molecule has 0 radical (unpaired) electrons. The van der Waals surface area contributed by atoms with Crippen LogP contribution in [0.3, 0.4) is 0 Å². The molecule has 0 saturated carbocycles. The van der Waals surface area contributed by atoms with Crippen molar-refractivity contribution in [1.82, 2.24) is 9.97 Å².